The first-order valence-corrected chi connectivity index (χ1v) is 9.99. The van der Waals surface area contributed by atoms with E-state index < -0.39 is 47.0 Å². The summed E-state index contributed by atoms with van der Waals surface area (Å²) in [4.78, 5) is 40.3. The van der Waals surface area contributed by atoms with Gasteiger partial charge in [0, 0.05) is 11.3 Å². The summed E-state index contributed by atoms with van der Waals surface area (Å²) in [5, 5.41) is 0. The first kappa shape index (κ1) is 22.4. The lowest BCUT2D eigenvalue weighted by molar-refractivity contribution is -0.137. The number of hydrogen-bond donors (Lipinski definition) is 0. The summed E-state index contributed by atoms with van der Waals surface area (Å²) < 4.78 is 53.3. The lowest BCUT2D eigenvalue weighted by atomic mass is 9.86. The van der Waals surface area contributed by atoms with Gasteiger partial charge in [-0.2, -0.15) is 13.2 Å². The van der Waals surface area contributed by atoms with Crippen LogP contribution in [0.1, 0.15) is 33.0 Å². The molecular weight excluding hydrogens is 438 g/mol. The number of aryl methyl sites for hydroxylation is 1. The number of Topliss-reactive ketones (excluding diaryl/α,β-unsaturated/α-hetero) is 2. The molecular formula is C25H17F4NO3. The molecule has 1 fully saturated rings. The average molecular weight is 455 g/mol. The number of amides is 1. The van der Waals surface area contributed by atoms with Gasteiger partial charge < -0.3 is 0 Å². The molecule has 0 bridgehead atoms. The maximum Gasteiger partial charge on any atom is 0.416 e. The zero-order valence-corrected chi connectivity index (χ0v) is 17.3. The molecule has 2 unspecified atom stereocenters. The number of carbonyl (C=O) groups is 3. The molecule has 3 aromatic carbocycles. The third kappa shape index (κ3) is 4.16. The van der Waals surface area contributed by atoms with Gasteiger partial charge in [0.1, 0.15) is 11.9 Å². The molecule has 2 atom stereocenters. The molecule has 168 valence electrons. The van der Waals surface area contributed by atoms with Crippen LogP contribution in [0.15, 0.2) is 72.8 Å². The Balaban J connectivity index is 1.87. The fourth-order valence-corrected chi connectivity index (χ4v) is 3.94. The number of rotatable bonds is 4. The highest BCUT2D eigenvalue weighted by atomic mass is 19.4. The van der Waals surface area contributed by atoms with E-state index in [-0.39, 0.29) is 11.3 Å². The number of alkyl halides is 3. The molecule has 1 amide bonds. The molecule has 0 N–H and O–H groups in total. The average Bonchev–Trinajstić information content (AvgIpc) is 3.04. The van der Waals surface area contributed by atoms with E-state index in [0.717, 1.165) is 40.8 Å². The third-order valence-corrected chi connectivity index (χ3v) is 5.59. The third-order valence-electron chi connectivity index (χ3n) is 5.59. The number of carbonyl (C=O) groups excluding carboxylic acids is 3. The minimum absolute atomic E-state index is 0.0259. The highest BCUT2D eigenvalue weighted by molar-refractivity contribution is 6.48. The van der Waals surface area contributed by atoms with E-state index in [1.807, 2.05) is 6.92 Å². The van der Waals surface area contributed by atoms with Gasteiger partial charge in [-0.1, -0.05) is 35.9 Å². The largest absolute Gasteiger partial charge is 0.416 e. The Morgan fingerprint density at radius 3 is 2.15 bits per heavy atom. The van der Waals surface area contributed by atoms with Gasteiger partial charge in [0.15, 0.2) is 5.78 Å². The van der Waals surface area contributed by atoms with Gasteiger partial charge in [0.05, 0.1) is 11.5 Å². The van der Waals surface area contributed by atoms with Crippen molar-refractivity contribution in [3.05, 3.63) is 101 Å². The second kappa shape index (κ2) is 8.27. The molecule has 0 aliphatic carbocycles. The summed E-state index contributed by atoms with van der Waals surface area (Å²) in [6.45, 7) is 1.82. The molecule has 1 saturated heterocycles. The summed E-state index contributed by atoms with van der Waals surface area (Å²) in [6, 6.07) is 13.6. The van der Waals surface area contributed by atoms with Crippen LogP contribution in [0.25, 0.3) is 0 Å². The Morgan fingerprint density at radius 2 is 1.55 bits per heavy atom. The van der Waals surface area contributed by atoms with Gasteiger partial charge >= 0.3 is 6.18 Å². The number of halogens is 4. The fraction of sp³-hybridized carbons (Fsp3) is 0.160. The number of nitrogens with zero attached hydrogens (tertiary/aromatic N) is 1. The van der Waals surface area contributed by atoms with E-state index in [9.17, 15) is 31.9 Å². The normalized spacial score (nSPS) is 18.6. The van der Waals surface area contributed by atoms with Crippen LogP contribution in [0.3, 0.4) is 0 Å². The Kier molecular flexibility index (Phi) is 5.61. The van der Waals surface area contributed by atoms with Crippen LogP contribution < -0.4 is 4.90 Å². The van der Waals surface area contributed by atoms with Crippen LogP contribution in [0, 0.1) is 12.7 Å². The van der Waals surface area contributed by atoms with Gasteiger partial charge in [0.25, 0.3) is 5.91 Å². The maximum absolute atomic E-state index is 13.5. The molecule has 0 saturated carbocycles. The topological polar surface area (TPSA) is 54.5 Å². The van der Waals surface area contributed by atoms with Crippen molar-refractivity contribution >= 4 is 23.2 Å². The standard InChI is InChI=1S/C25H17F4NO3/c1-14-5-7-15(8-6-14)20-21(22(31)16-9-11-18(26)12-10-16)30(24(33)23(20)32)19-4-2-3-17(13-19)25(27,28)29/h2-13,20-21H,1H3. The van der Waals surface area contributed by atoms with E-state index in [1.165, 1.54) is 18.2 Å². The van der Waals surface area contributed by atoms with Gasteiger partial charge in [-0.15, -0.1) is 0 Å². The molecule has 1 heterocycles. The smallest absolute Gasteiger partial charge is 0.294 e. The van der Waals surface area contributed by atoms with Crippen LogP contribution in [-0.2, 0) is 15.8 Å². The number of benzene rings is 3. The molecule has 8 heteroatoms. The Morgan fingerprint density at radius 1 is 0.909 bits per heavy atom. The molecule has 0 spiro atoms. The van der Waals surface area contributed by atoms with Crippen molar-refractivity contribution in [3.8, 4) is 0 Å². The molecule has 0 radical (unpaired) electrons. The van der Waals surface area contributed by atoms with Crippen molar-refractivity contribution < 1.29 is 31.9 Å². The lowest BCUT2D eigenvalue weighted by Gasteiger charge is -2.27. The number of anilines is 1. The molecule has 4 nitrogen and oxygen atoms in total. The van der Waals surface area contributed by atoms with E-state index in [1.54, 1.807) is 24.3 Å². The summed E-state index contributed by atoms with van der Waals surface area (Å²) in [7, 11) is 0. The summed E-state index contributed by atoms with van der Waals surface area (Å²) >= 11 is 0. The first-order valence-electron chi connectivity index (χ1n) is 9.99. The van der Waals surface area contributed by atoms with Crippen LogP contribution in [0.2, 0.25) is 0 Å². The number of ketones is 2. The van der Waals surface area contributed by atoms with Crippen molar-refractivity contribution in [1.82, 2.24) is 0 Å². The second-order valence-electron chi connectivity index (χ2n) is 7.79. The van der Waals surface area contributed by atoms with Gasteiger partial charge in [-0.3, -0.25) is 19.3 Å². The molecule has 1 aliphatic rings. The van der Waals surface area contributed by atoms with E-state index in [0.29, 0.717) is 5.56 Å². The molecule has 3 aromatic rings. The Labute approximate surface area is 186 Å². The number of hydrogen-bond acceptors (Lipinski definition) is 3. The van der Waals surface area contributed by atoms with Gasteiger partial charge in [0.2, 0.25) is 5.78 Å². The van der Waals surface area contributed by atoms with E-state index in [4.69, 9.17) is 0 Å². The Hall–Kier alpha value is -3.81. The van der Waals surface area contributed by atoms with E-state index in [2.05, 4.69) is 0 Å². The van der Waals surface area contributed by atoms with Crippen LogP contribution in [0.5, 0.6) is 0 Å². The predicted octanol–water partition coefficient (Wildman–Crippen LogP) is 5.10. The van der Waals surface area contributed by atoms with Crippen molar-refractivity contribution in [2.75, 3.05) is 4.90 Å². The van der Waals surface area contributed by atoms with E-state index >= 15 is 0 Å². The monoisotopic (exact) mass is 455 g/mol. The molecule has 4 rings (SSSR count). The quantitative estimate of drug-likeness (QED) is 0.312. The fourth-order valence-electron chi connectivity index (χ4n) is 3.94. The van der Waals surface area contributed by atoms with Crippen molar-refractivity contribution in [3.63, 3.8) is 0 Å². The highest BCUT2D eigenvalue weighted by Gasteiger charge is 2.52. The van der Waals surface area contributed by atoms with Crippen molar-refractivity contribution in [2.45, 2.75) is 25.1 Å². The molecule has 33 heavy (non-hydrogen) atoms. The summed E-state index contributed by atoms with van der Waals surface area (Å²) in [5.74, 6) is -4.49. The Bertz CT molecular complexity index is 1230. The maximum atomic E-state index is 13.5. The zero-order valence-electron chi connectivity index (χ0n) is 17.3. The summed E-state index contributed by atoms with van der Waals surface area (Å²) in [6.07, 6.45) is -4.68. The molecule has 0 aromatic heterocycles. The zero-order chi connectivity index (χ0) is 23.9. The van der Waals surface area contributed by atoms with Crippen LogP contribution in [0.4, 0.5) is 23.2 Å². The van der Waals surface area contributed by atoms with Gasteiger partial charge in [-0.05, 0) is 55.0 Å². The SMILES string of the molecule is Cc1ccc(C2C(=O)C(=O)N(c3cccc(C(F)(F)F)c3)C2C(=O)c2ccc(F)cc2)cc1. The summed E-state index contributed by atoms with van der Waals surface area (Å²) in [5.41, 5.74) is 0.0452. The minimum atomic E-state index is -4.68. The van der Waals surface area contributed by atoms with Crippen LogP contribution in [-0.4, -0.2) is 23.5 Å². The lowest BCUT2D eigenvalue weighted by Crippen LogP contribution is -2.41. The van der Waals surface area contributed by atoms with Crippen molar-refractivity contribution in [2.24, 2.45) is 0 Å². The second-order valence-corrected chi connectivity index (χ2v) is 7.79. The van der Waals surface area contributed by atoms with Crippen molar-refractivity contribution in [1.29, 1.82) is 0 Å². The molecule has 1 aliphatic heterocycles. The highest BCUT2D eigenvalue weighted by Crippen LogP contribution is 2.39. The predicted molar refractivity (Wildman–Crippen MR) is 112 cm³/mol. The first-order chi connectivity index (χ1) is 15.6. The minimum Gasteiger partial charge on any atom is -0.294 e. The van der Waals surface area contributed by atoms with Gasteiger partial charge in [-0.25, -0.2) is 4.39 Å². The van der Waals surface area contributed by atoms with Crippen LogP contribution >= 0.6 is 0 Å².